The molecule has 0 radical (unpaired) electrons. The second kappa shape index (κ2) is 5.85. The number of rotatable bonds is 3. The van der Waals surface area contributed by atoms with Gasteiger partial charge in [-0.05, 0) is 25.5 Å². The minimum Gasteiger partial charge on any atom is -0.386 e. The molecule has 1 atom stereocenters. The fourth-order valence-electron chi connectivity index (χ4n) is 2.08. The van der Waals surface area contributed by atoms with Gasteiger partial charge in [0.15, 0.2) is 5.03 Å². The van der Waals surface area contributed by atoms with E-state index >= 15 is 0 Å². The maximum absolute atomic E-state index is 12.6. The van der Waals surface area contributed by atoms with Gasteiger partial charge in [0.25, 0.3) is 10.0 Å². The quantitative estimate of drug-likeness (QED) is 0.894. The van der Waals surface area contributed by atoms with E-state index in [-0.39, 0.29) is 11.1 Å². The summed E-state index contributed by atoms with van der Waals surface area (Å²) in [5.74, 6) is 0. The Balaban J connectivity index is 2.35. The minimum absolute atomic E-state index is 0.0756. The van der Waals surface area contributed by atoms with Crippen molar-refractivity contribution in [3.63, 3.8) is 0 Å². The lowest BCUT2D eigenvalue weighted by atomic mass is 10.4. The van der Waals surface area contributed by atoms with Gasteiger partial charge < -0.3 is 10.1 Å². The zero-order valence-corrected chi connectivity index (χ0v) is 12.0. The van der Waals surface area contributed by atoms with E-state index < -0.39 is 10.0 Å². The van der Waals surface area contributed by atoms with E-state index in [4.69, 9.17) is 4.74 Å². The summed E-state index contributed by atoms with van der Waals surface area (Å²) in [6.07, 6.45) is 2.09. The van der Waals surface area contributed by atoms with Crippen molar-refractivity contribution in [2.45, 2.75) is 24.5 Å². The molecule has 1 saturated heterocycles. The molecule has 1 aromatic rings. The number of hydrogen-bond acceptors (Lipinski definition) is 5. The lowest BCUT2D eigenvalue weighted by Crippen LogP contribution is -2.36. The van der Waals surface area contributed by atoms with Crippen LogP contribution >= 0.6 is 0 Å². The molecule has 1 aromatic heterocycles. The molecule has 19 heavy (non-hydrogen) atoms. The summed E-state index contributed by atoms with van der Waals surface area (Å²) in [4.78, 5) is 4.02. The Hall–Kier alpha value is -1.18. The molecule has 2 heterocycles. The Morgan fingerprint density at radius 1 is 1.53 bits per heavy atom. The minimum atomic E-state index is -3.58. The predicted octanol–water partition coefficient (Wildman–Crippen LogP) is 0.923. The molecule has 0 aliphatic carbocycles. The fourth-order valence-corrected chi connectivity index (χ4v) is 3.75. The van der Waals surface area contributed by atoms with Crippen LogP contribution in [0.4, 0.5) is 5.69 Å². The highest BCUT2D eigenvalue weighted by Crippen LogP contribution is 2.23. The fraction of sp³-hybridized carbons (Fsp3) is 0.583. The van der Waals surface area contributed by atoms with E-state index in [9.17, 15) is 8.42 Å². The number of sulfonamides is 1. The molecular weight excluding hydrogens is 266 g/mol. The summed E-state index contributed by atoms with van der Waals surface area (Å²) < 4.78 is 32.2. The summed E-state index contributed by atoms with van der Waals surface area (Å²) in [7, 11) is -1.90. The van der Waals surface area contributed by atoms with Crippen molar-refractivity contribution in [3.8, 4) is 0 Å². The third-order valence-corrected chi connectivity index (χ3v) is 4.87. The highest BCUT2D eigenvalue weighted by Gasteiger charge is 2.30. The Morgan fingerprint density at radius 2 is 2.32 bits per heavy atom. The highest BCUT2D eigenvalue weighted by molar-refractivity contribution is 7.89. The molecule has 7 heteroatoms. The largest absolute Gasteiger partial charge is 0.386 e. The maximum atomic E-state index is 12.6. The van der Waals surface area contributed by atoms with Crippen LogP contribution in [0.15, 0.2) is 23.4 Å². The lowest BCUT2D eigenvalue weighted by molar-refractivity contribution is 0.0752. The van der Waals surface area contributed by atoms with Crippen LogP contribution in [0.3, 0.4) is 0 Å². The topological polar surface area (TPSA) is 71.5 Å². The number of ether oxygens (including phenoxy) is 1. The Morgan fingerprint density at radius 3 is 3.05 bits per heavy atom. The molecular formula is C12H19N3O3S. The van der Waals surface area contributed by atoms with Gasteiger partial charge in [-0.2, -0.15) is 4.31 Å². The number of hydrogen-bond donors (Lipinski definition) is 1. The molecule has 0 saturated carbocycles. The molecule has 2 rings (SSSR count). The smallest absolute Gasteiger partial charge is 0.262 e. The van der Waals surface area contributed by atoms with Crippen molar-refractivity contribution < 1.29 is 13.2 Å². The van der Waals surface area contributed by atoms with Crippen molar-refractivity contribution >= 4 is 15.7 Å². The number of anilines is 1. The summed E-state index contributed by atoms with van der Waals surface area (Å²) >= 11 is 0. The van der Waals surface area contributed by atoms with Crippen LogP contribution in [0.25, 0.3) is 0 Å². The third kappa shape index (κ3) is 3.05. The first-order chi connectivity index (χ1) is 9.05. The molecule has 1 N–H and O–H groups in total. The van der Waals surface area contributed by atoms with Crippen LogP contribution in [-0.2, 0) is 14.8 Å². The van der Waals surface area contributed by atoms with Crippen LogP contribution in [0, 0.1) is 0 Å². The third-order valence-electron chi connectivity index (χ3n) is 3.04. The monoisotopic (exact) mass is 285 g/mol. The van der Waals surface area contributed by atoms with E-state index in [0.29, 0.717) is 31.8 Å². The maximum Gasteiger partial charge on any atom is 0.262 e. The van der Waals surface area contributed by atoms with E-state index in [1.807, 2.05) is 6.92 Å². The van der Waals surface area contributed by atoms with Gasteiger partial charge in [0.2, 0.25) is 0 Å². The van der Waals surface area contributed by atoms with Crippen molar-refractivity contribution in [1.29, 1.82) is 0 Å². The number of nitrogens with zero attached hydrogens (tertiary/aromatic N) is 2. The lowest BCUT2D eigenvalue weighted by Gasteiger charge is -2.22. The molecule has 1 unspecified atom stereocenters. The number of aromatic nitrogens is 1. The van der Waals surface area contributed by atoms with Gasteiger partial charge in [-0.1, -0.05) is 0 Å². The summed E-state index contributed by atoms with van der Waals surface area (Å²) in [5, 5.41) is 2.94. The van der Waals surface area contributed by atoms with Gasteiger partial charge in [-0.25, -0.2) is 13.4 Å². The molecule has 0 spiro atoms. The predicted molar refractivity (Wildman–Crippen MR) is 72.6 cm³/mol. The van der Waals surface area contributed by atoms with Gasteiger partial charge >= 0.3 is 0 Å². The van der Waals surface area contributed by atoms with E-state index in [2.05, 4.69) is 10.3 Å². The van der Waals surface area contributed by atoms with E-state index in [0.717, 1.165) is 0 Å². The van der Waals surface area contributed by atoms with Crippen LogP contribution < -0.4 is 5.32 Å². The van der Waals surface area contributed by atoms with Crippen molar-refractivity contribution in [2.75, 3.05) is 32.1 Å². The first-order valence-electron chi connectivity index (χ1n) is 6.30. The van der Waals surface area contributed by atoms with Crippen molar-refractivity contribution in [3.05, 3.63) is 18.3 Å². The second-order valence-electron chi connectivity index (χ2n) is 4.50. The van der Waals surface area contributed by atoms with Gasteiger partial charge in [0.1, 0.15) is 0 Å². The SMILES string of the molecule is CNc1cccnc1S(=O)(=O)N1CCCOC(C)C1. The average Bonchev–Trinajstić information content (AvgIpc) is 2.64. The van der Waals surface area contributed by atoms with E-state index in [1.54, 1.807) is 19.2 Å². The van der Waals surface area contributed by atoms with Crippen molar-refractivity contribution in [1.82, 2.24) is 9.29 Å². The highest BCUT2D eigenvalue weighted by atomic mass is 32.2. The second-order valence-corrected chi connectivity index (χ2v) is 6.36. The molecule has 0 aromatic carbocycles. The first kappa shape index (κ1) is 14.2. The van der Waals surface area contributed by atoms with Crippen LogP contribution in [0.2, 0.25) is 0 Å². The zero-order valence-electron chi connectivity index (χ0n) is 11.2. The van der Waals surface area contributed by atoms with Crippen LogP contribution in [0.1, 0.15) is 13.3 Å². The Labute approximate surface area is 113 Å². The van der Waals surface area contributed by atoms with Gasteiger partial charge in [0, 0.05) is 32.9 Å². The molecule has 0 amide bonds. The zero-order chi connectivity index (χ0) is 13.9. The molecule has 6 nitrogen and oxygen atoms in total. The molecule has 1 fully saturated rings. The van der Waals surface area contributed by atoms with Gasteiger partial charge in [-0.15, -0.1) is 0 Å². The first-order valence-corrected chi connectivity index (χ1v) is 7.74. The van der Waals surface area contributed by atoms with Crippen LogP contribution in [0.5, 0.6) is 0 Å². The van der Waals surface area contributed by atoms with Gasteiger partial charge in [-0.3, -0.25) is 0 Å². The number of nitrogens with one attached hydrogen (secondary N) is 1. The standard InChI is InChI=1S/C12H19N3O3S/c1-10-9-15(7-4-8-18-10)19(16,17)12-11(13-2)5-3-6-14-12/h3,5-6,10,13H,4,7-9H2,1-2H3. The molecule has 106 valence electrons. The van der Waals surface area contributed by atoms with E-state index in [1.165, 1.54) is 10.5 Å². The van der Waals surface area contributed by atoms with Crippen LogP contribution in [-0.4, -0.2) is 50.6 Å². The molecule has 1 aliphatic heterocycles. The summed E-state index contributed by atoms with van der Waals surface area (Å²) in [5.41, 5.74) is 0.514. The summed E-state index contributed by atoms with van der Waals surface area (Å²) in [6.45, 7) is 3.30. The normalized spacial score (nSPS) is 21.9. The molecule has 1 aliphatic rings. The average molecular weight is 285 g/mol. The molecule has 0 bridgehead atoms. The summed E-state index contributed by atoms with van der Waals surface area (Å²) in [6, 6.07) is 3.41. The van der Waals surface area contributed by atoms with Gasteiger partial charge in [0.05, 0.1) is 11.8 Å². The number of pyridine rings is 1. The Bertz CT molecular complexity index is 533. The van der Waals surface area contributed by atoms with Crippen molar-refractivity contribution in [2.24, 2.45) is 0 Å². The Kier molecular flexibility index (Phi) is 4.38.